The quantitative estimate of drug-likeness (QED) is 0.577. The number of hydrogen-bond donors (Lipinski definition) is 2. The van der Waals surface area contributed by atoms with Gasteiger partial charge in [-0.15, -0.1) is 0 Å². The summed E-state index contributed by atoms with van der Waals surface area (Å²) < 4.78 is 6.70. The van der Waals surface area contributed by atoms with E-state index in [-0.39, 0.29) is 29.9 Å². The normalized spacial score (nSPS) is 28.3. The molecular formula is C28H36N2O5Si. The Morgan fingerprint density at radius 2 is 1.86 bits per heavy atom. The Hall–Kier alpha value is -2.52. The molecule has 2 amide bonds. The van der Waals surface area contributed by atoms with E-state index in [1.165, 1.54) is 0 Å². The van der Waals surface area contributed by atoms with E-state index in [0.29, 0.717) is 25.9 Å². The van der Waals surface area contributed by atoms with Gasteiger partial charge in [0.2, 0.25) is 5.91 Å². The molecule has 0 unspecified atom stereocenters. The number of amides is 2. The molecule has 7 nitrogen and oxygen atoms in total. The van der Waals surface area contributed by atoms with E-state index in [2.05, 4.69) is 0 Å². The zero-order valence-corrected chi connectivity index (χ0v) is 22.3. The first-order valence-electron chi connectivity index (χ1n) is 13.0. The van der Waals surface area contributed by atoms with Crippen molar-refractivity contribution in [3.8, 4) is 0 Å². The first-order valence-corrected chi connectivity index (χ1v) is 16.0. The Kier molecular flexibility index (Phi) is 6.57. The van der Waals surface area contributed by atoms with Gasteiger partial charge in [-0.2, -0.15) is 0 Å². The minimum absolute atomic E-state index is 0.0778. The SMILES string of the molecule is C[C@@H]1[C@@H]([Si](C)(C)O)[C@H](CCO)O[C@@]12C(=O)N(Cc1ccccc1)c1ccc(N3CCCCC3=O)cc12. The highest BCUT2D eigenvalue weighted by Crippen LogP contribution is 2.60. The standard InChI is InChI=1S/C28H36N2O5Si/c1-19-26(36(2,3)34)24(14-16-31)35-28(19)22-17-21(29-15-8-7-11-25(29)32)12-13-23(22)30(27(28)33)18-20-9-5-4-6-10-20/h4-6,9-10,12-13,17,19,24,26,31,34H,7-8,11,14-16,18H2,1-3H3/t19-,24+,26-,28+/m1/s1. The summed E-state index contributed by atoms with van der Waals surface area (Å²) in [5, 5.41) is 9.79. The molecule has 5 rings (SSSR count). The summed E-state index contributed by atoms with van der Waals surface area (Å²) in [5.74, 6) is -0.333. The Bertz CT molecular complexity index is 1150. The maximum absolute atomic E-state index is 14.4. The van der Waals surface area contributed by atoms with Crippen LogP contribution in [0.15, 0.2) is 48.5 Å². The van der Waals surface area contributed by atoms with Crippen molar-refractivity contribution >= 4 is 31.5 Å². The lowest BCUT2D eigenvalue weighted by Crippen LogP contribution is -2.46. The van der Waals surface area contributed by atoms with Gasteiger partial charge in [-0.05, 0) is 56.1 Å². The van der Waals surface area contributed by atoms with Crippen molar-refractivity contribution in [2.45, 2.75) is 69.5 Å². The van der Waals surface area contributed by atoms with Crippen molar-refractivity contribution in [2.75, 3.05) is 23.0 Å². The predicted octanol–water partition coefficient (Wildman–Crippen LogP) is 3.93. The predicted molar refractivity (Wildman–Crippen MR) is 141 cm³/mol. The van der Waals surface area contributed by atoms with Gasteiger partial charge in [0, 0.05) is 42.3 Å². The number of aliphatic hydroxyl groups excluding tert-OH is 1. The van der Waals surface area contributed by atoms with Crippen LogP contribution in [0.3, 0.4) is 0 Å². The van der Waals surface area contributed by atoms with Crippen LogP contribution >= 0.6 is 0 Å². The molecule has 0 aromatic heterocycles. The Morgan fingerprint density at radius 1 is 1.11 bits per heavy atom. The molecule has 0 aliphatic carbocycles. The lowest BCUT2D eigenvalue weighted by Gasteiger charge is -2.33. The minimum Gasteiger partial charge on any atom is -0.432 e. The van der Waals surface area contributed by atoms with Crippen LogP contribution in [0.4, 0.5) is 11.4 Å². The van der Waals surface area contributed by atoms with Gasteiger partial charge in [-0.1, -0.05) is 37.3 Å². The van der Waals surface area contributed by atoms with E-state index in [9.17, 15) is 19.5 Å². The first kappa shape index (κ1) is 25.1. The summed E-state index contributed by atoms with van der Waals surface area (Å²) in [6.07, 6.45) is 2.31. The summed E-state index contributed by atoms with van der Waals surface area (Å²) >= 11 is 0. The second-order valence-electron chi connectivity index (χ2n) is 11.0. The zero-order valence-electron chi connectivity index (χ0n) is 21.3. The highest BCUT2D eigenvalue weighted by molar-refractivity contribution is 6.71. The van der Waals surface area contributed by atoms with Gasteiger partial charge in [0.05, 0.1) is 18.3 Å². The lowest BCUT2D eigenvalue weighted by atomic mass is 9.82. The van der Waals surface area contributed by atoms with Crippen molar-refractivity contribution in [1.82, 2.24) is 0 Å². The number of hydrogen-bond acceptors (Lipinski definition) is 5. The van der Waals surface area contributed by atoms with Gasteiger partial charge >= 0.3 is 0 Å². The summed E-state index contributed by atoms with van der Waals surface area (Å²) in [6, 6.07) is 15.7. The van der Waals surface area contributed by atoms with Crippen LogP contribution < -0.4 is 9.80 Å². The van der Waals surface area contributed by atoms with Crippen LogP contribution in [0.5, 0.6) is 0 Å². The van der Waals surface area contributed by atoms with E-state index >= 15 is 0 Å². The summed E-state index contributed by atoms with van der Waals surface area (Å²) in [4.78, 5) is 41.9. The number of aliphatic hydroxyl groups is 1. The molecule has 4 atom stereocenters. The van der Waals surface area contributed by atoms with Crippen LogP contribution in [0.2, 0.25) is 18.6 Å². The van der Waals surface area contributed by atoms with E-state index in [0.717, 1.165) is 35.3 Å². The molecule has 1 spiro atoms. The molecule has 36 heavy (non-hydrogen) atoms. The summed E-state index contributed by atoms with van der Waals surface area (Å²) in [6.45, 7) is 6.75. The molecule has 2 aromatic carbocycles. The number of benzene rings is 2. The Morgan fingerprint density at radius 3 is 2.53 bits per heavy atom. The monoisotopic (exact) mass is 508 g/mol. The maximum Gasteiger partial charge on any atom is 0.264 e. The van der Waals surface area contributed by atoms with Crippen molar-refractivity contribution < 1.29 is 24.2 Å². The average molecular weight is 509 g/mol. The number of carbonyl (C=O) groups is 2. The fourth-order valence-electron chi connectivity index (χ4n) is 6.63. The molecule has 192 valence electrons. The fourth-order valence-corrected chi connectivity index (χ4v) is 9.24. The second-order valence-corrected chi connectivity index (χ2v) is 14.9. The highest BCUT2D eigenvalue weighted by Gasteiger charge is 2.66. The molecule has 3 heterocycles. The van der Waals surface area contributed by atoms with Gasteiger partial charge in [0.1, 0.15) is 0 Å². The maximum atomic E-state index is 14.4. The van der Waals surface area contributed by atoms with E-state index in [4.69, 9.17) is 4.74 Å². The number of rotatable bonds is 6. The van der Waals surface area contributed by atoms with E-state index < -0.39 is 20.0 Å². The average Bonchev–Trinajstić information content (AvgIpc) is 3.27. The van der Waals surface area contributed by atoms with Crippen LogP contribution in [0.25, 0.3) is 0 Å². The van der Waals surface area contributed by atoms with Gasteiger partial charge in [-0.25, -0.2) is 0 Å². The van der Waals surface area contributed by atoms with Gasteiger partial charge in [0.25, 0.3) is 5.91 Å². The molecule has 2 saturated heterocycles. The van der Waals surface area contributed by atoms with Gasteiger partial charge in [0.15, 0.2) is 13.9 Å². The molecule has 0 bridgehead atoms. The van der Waals surface area contributed by atoms with E-state index in [1.807, 2.05) is 73.4 Å². The summed E-state index contributed by atoms with van der Waals surface area (Å²) in [5.41, 5.74) is 1.84. The molecule has 2 N–H and O–H groups in total. The summed E-state index contributed by atoms with van der Waals surface area (Å²) in [7, 11) is -2.76. The number of nitrogens with zero attached hydrogens (tertiary/aromatic N) is 2. The highest BCUT2D eigenvalue weighted by atomic mass is 28.4. The van der Waals surface area contributed by atoms with Crippen molar-refractivity contribution in [3.05, 3.63) is 59.7 Å². The van der Waals surface area contributed by atoms with Gasteiger partial charge in [-0.3, -0.25) is 9.59 Å². The van der Waals surface area contributed by atoms with Crippen LogP contribution in [-0.2, 0) is 26.5 Å². The zero-order chi connectivity index (χ0) is 25.7. The lowest BCUT2D eigenvalue weighted by molar-refractivity contribution is -0.146. The van der Waals surface area contributed by atoms with Crippen molar-refractivity contribution in [3.63, 3.8) is 0 Å². The number of carbonyl (C=O) groups excluding carboxylic acids is 2. The third-order valence-electron chi connectivity index (χ3n) is 8.20. The molecule has 8 heteroatoms. The second kappa shape index (κ2) is 9.41. The Labute approximate surface area is 213 Å². The number of ether oxygens (including phenoxy) is 1. The topological polar surface area (TPSA) is 90.3 Å². The fraction of sp³-hybridized carbons (Fsp3) is 0.500. The molecular weight excluding hydrogens is 472 g/mol. The van der Waals surface area contributed by atoms with Crippen molar-refractivity contribution in [2.24, 2.45) is 5.92 Å². The van der Waals surface area contributed by atoms with Crippen LogP contribution in [-0.4, -0.2) is 49.3 Å². The first-order chi connectivity index (χ1) is 17.2. The Balaban J connectivity index is 1.64. The molecule has 0 saturated carbocycles. The van der Waals surface area contributed by atoms with Gasteiger partial charge < -0.3 is 24.4 Å². The smallest absolute Gasteiger partial charge is 0.264 e. The third-order valence-corrected chi connectivity index (χ3v) is 10.7. The number of fused-ring (bicyclic) bond motifs is 2. The van der Waals surface area contributed by atoms with Crippen LogP contribution in [0.1, 0.15) is 43.7 Å². The third kappa shape index (κ3) is 4.00. The number of piperidine rings is 1. The molecule has 2 fully saturated rings. The molecule has 0 radical (unpaired) electrons. The molecule has 2 aromatic rings. The minimum atomic E-state index is -2.76. The largest absolute Gasteiger partial charge is 0.432 e. The molecule has 3 aliphatic rings. The van der Waals surface area contributed by atoms with Crippen LogP contribution in [0, 0.1) is 5.92 Å². The molecule has 3 aliphatic heterocycles. The van der Waals surface area contributed by atoms with Crippen molar-refractivity contribution in [1.29, 1.82) is 0 Å². The van der Waals surface area contributed by atoms with E-state index in [1.54, 1.807) is 4.90 Å². The number of anilines is 2.